The number of benzene rings is 2. The summed E-state index contributed by atoms with van der Waals surface area (Å²) >= 11 is 1.46. The van der Waals surface area contributed by atoms with Crippen molar-refractivity contribution in [2.45, 2.75) is 35.8 Å². The zero-order valence-corrected chi connectivity index (χ0v) is 17.2. The zero-order valence-electron chi connectivity index (χ0n) is 15.6. The van der Waals surface area contributed by atoms with E-state index in [1.807, 2.05) is 45.0 Å². The Hall–Kier alpha value is -1.83. The molecule has 2 aromatic rings. The molecule has 1 atom stereocenters. The van der Waals surface area contributed by atoms with Crippen LogP contribution in [-0.4, -0.2) is 38.0 Å². The molecule has 0 saturated carbocycles. The number of anilines is 1. The Bertz CT molecular complexity index is 892. The topological polar surface area (TPSA) is 66.5 Å². The van der Waals surface area contributed by atoms with E-state index in [1.165, 1.54) is 37.5 Å². The van der Waals surface area contributed by atoms with Crippen molar-refractivity contribution < 1.29 is 13.2 Å². The van der Waals surface area contributed by atoms with Gasteiger partial charge in [-0.05, 0) is 50.6 Å². The Morgan fingerprint density at radius 1 is 1.08 bits per heavy atom. The number of hydrogen-bond acceptors (Lipinski definition) is 4. The van der Waals surface area contributed by atoms with Gasteiger partial charge in [-0.25, -0.2) is 12.7 Å². The average molecular weight is 393 g/mol. The van der Waals surface area contributed by atoms with Crippen LogP contribution in [-0.2, 0) is 14.8 Å². The number of carbonyl (C=O) groups excluding carboxylic acids is 1. The summed E-state index contributed by atoms with van der Waals surface area (Å²) in [5.74, 6) is -0.168. The highest BCUT2D eigenvalue weighted by Crippen LogP contribution is 2.26. The lowest BCUT2D eigenvalue weighted by Crippen LogP contribution is -2.24. The molecule has 2 aromatic carbocycles. The molecule has 2 rings (SSSR count). The number of aryl methyl sites for hydroxylation is 2. The summed E-state index contributed by atoms with van der Waals surface area (Å²) in [4.78, 5) is 13.7. The minimum absolute atomic E-state index is 0.155. The first-order chi connectivity index (χ1) is 12.1. The maximum Gasteiger partial charge on any atom is 0.242 e. The summed E-state index contributed by atoms with van der Waals surface area (Å²) in [5.41, 5.74) is 2.49. The molecule has 1 N–H and O–H groups in total. The number of nitrogens with zero attached hydrogens (tertiary/aromatic N) is 1. The van der Waals surface area contributed by atoms with Crippen molar-refractivity contribution in [2.24, 2.45) is 0 Å². The molecule has 140 valence electrons. The number of nitrogens with one attached hydrogen (secondary N) is 1. The maximum atomic E-state index is 12.5. The second-order valence-electron chi connectivity index (χ2n) is 6.33. The van der Waals surface area contributed by atoms with Crippen LogP contribution < -0.4 is 5.32 Å². The SMILES string of the molecule is Cc1ccc(SC(C)C(=O)Nc2cc(S(=O)(=O)N(C)C)ccc2C)cc1. The summed E-state index contributed by atoms with van der Waals surface area (Å²) < 4.78 is 25.7. The third-order valence-electron chi connectivity index (χ3n) is 3.95. The van der Waals surface area contributed by atoms with Gasteiger partial charge in [-0.2, -0.15) is 0 Å². The number of thioether (sulfide) groups is 1. The van der Waals surface area contributed by atoms with Crippen LogP contribution in [0.2, 0.25) is 0 Å². The predicted molar refractivity (Wildman–Crippen MR) is 107 cm³/mol. The van der Waals surface area contributed by atoms with Crippen molar-refractivity contribution in [2.75, 3.05) is 19.4 Å². The normalized spacial score (nSPS) is 12.8. The van der Waals surface area contributed by atoms with Crippen LogP contribution in [0.25, 0.3) is 0 Å². The molecule has 0 radical (unpaired) electrons. The van der Waals surface area contributed by atoms with Crippen LogP contribution in [0, 0.1) is 13.8 Å². The summed E-state index contributed by atoms with van der Waals surface area (Å²) in [6.45, 7) is 5.68. The summed E-state index contributed by atoms with van der Waals surface area (Å²) in [5, 5.41) is 2.54. The van der Waals surface area contributed by atoms with Gasteiger partial charge in [0.15, 0.2) is 0 Å². The number of carbonyl (C=O) groups is 1. The van der Waals surface area contributed by atoms with Crippen LogP contribution in [0.3, 0.4) is 0 Å². The third kappa shape index (κ3) is 4.87. The van der Waals surface area contributed by atoms with E-state index in [4.69, 9.17) is 0 Å². The Kier molecular flexibility index (Phi) is 6.49. The molecule has 0 aliphatic heterocycles. The van der Waals surface area contributed by atoms with E-state index in [9.17, 15) is 13.2 Å². The smallest absolute Gasteiger partial charge is 0.242 e. The lowest BCUT2D eigenvalue weighted by molar-refractivity contribution is -0.115. The van der Waals surface area contributed by atoms with Crippen molar-refractivity contribution in [3.63, 3.8) is 0 Å². The van der Waals surface area contributed by atoms with Gasteiger partial charge < -0.3 is 5.32 Å². The minimum Gasteiger partial charge on any atom is -0.325 e. The van der Waals surface area contributed by atoms with Gasteiger partial charge in [0.2, 0.25) is 15.9 Å². The van der Waals surface area contributed by atoms with Gasteiger partial charge in [0.1, 0.15) is 0 Å². The second kappa shape index (κ2) is 8.24. The standard InChI is InChI=1S/C19H24N2O3S2/c1-13-6-9-16(10-7-13)25-15(3)19(22)20-18-12-17(11-8-14(18)2)26(23,24)21(4)5/h6-12,15H,1-5H3,(H,20,22). The summed E-state index contributed by atoms with van der Waals surface area (Å²) in [6.07, 6.45) is 0. The molecule has 1 amide bonds. The maximum absolute atomic E-state index is 12.5. The Balaban J connectivity index is 2.16. The zero-order chi connectivity index (χ0) is 19.5. The number of amides is 1. The molecule has 0 spiro atoms. The molecule has 0 bridgehead atoms. The molecule has 0 aliphatic carbocycles. The predicted octanol–water partition coefficient (Wildman–Crippen LogP) is 3.67. The third-order valence-corrected chi connectivity index (χ3v) is 6.87. The highest BCUT2D eigenvalue weighted by atomic mass is 32.2. The molecule has 0 heterocycles. The molecule has 0 aliphatic rings. The van der Waals surface area contributed by atoms with Crippen molar-refractivity contribution in [1.29, 1.82) is 0 Å². The lowest BCUT2D eigenvalue weighted by Gasteiger charge is -2.16. The van der Waals surface area contributed by atoms with Crippen LogP contribution in [0.1, 0.15) is 18.1 Å². The molecule has 0 aromatic heterocycles. The first-order valence-corrected chi connectivity index (χ1v) is 10.5. The fourth-order valence-electron chi connectivity index (χ4n) is 2.22. The number of sulfonamides is 1. The van der Waals surface area contributed by atoms with Crippen molar-refractivity contribution >= 4 is 33.4 Å². The monoisotopic (exact) mass is 392 g/mol. The van der Waals surface area contributed by atoms with E-state index in [0.29, 0.717) is 5.69 Å². The van der Waals surface area contributed by atoms with Crippen LogP contribution >= 0.6 is 11.8 Å². The molecular formula is C19H24N2O3S2. The van der Waals surface area contributed by atoms with Crippen molar-refractivity contribution in [3.05, 3.63) is 53.6 Å². The molecule has 26 heavy (non-hydrogen) atoms. The quantitative estimate of drug-likeness (QED) is 0.762. The Morgan fingerprint density at radius 3 is 2.27 bits per heavy atom. The number of rotatable bonds is 6. The minimum atomic E-state index is -3.55. The van der Waals surface area contributed by atoms with Crippen molar-refractivity contribution in [1.82, 2.24) is 4.31 Å². The number of hydrogen-bond donors (Lipinski definition) is 1. The molecule has 1 unspecified atom stereocenters. The largest absolute Gasteiger partial charge is 0.325 e. The Labute approximate surface area is 159 Å². The van der Waals surface area contributed by atoms with Crippen molar-refractivity contribution in [3.8, 4) is 0 Å². The highest BCUT2D eigenvalue weighted by molar-refractivity contribution is 8.00. The van der Waals surface area contributed by atoms with Crippen LogP contribution in [0.4, 0.5) is 5.69 Å². The van der Waals surface area contributed by atoms with E-state index in [1.54, 1.807) is 12.1 Å². The molecule has 7 heteroatoms. The van der Waals surface area contributed by atoms with Crippen LogP contribution in [0.15, 0.2) is 52.3 Å². The van der Waals surface area contributed by atoms with Gasteiger partial charge >= 0.3 is 0 Å². The van der Waals surface area contributed by atoms with Gasteiger partial charge in [-0.15, -0.1) is 11.8 Å². The van der Waals surface area contributed by atoms with Crippen LogP contribution in [0.5, 0.6) is 0 Å². The second-order valence-corrected chi connectivity index (χ2v) is 9.89. The van der Waals surface area contributed by atoms with Gasteiger partial charge in [0.25, 0.3) is 0 Å². The van der Waals surface area contributed by atoms with E-state index in [2.05, 4.69) is 5.32 Å². The lowest BCUT2D eigenvalue weighted by atomic mass is 10.2. The van der Waals surface area contributed by atoms with Gasteiger partial charge in [-0.3, -0.25) is 4.79 Å². The average Bonchev–Trinajstić information content (AvgIpc) is 2.58. The van der Waals surface area contributed by atoms with E-state index in [-0.39, 0.29) is 16.1 Å². The van der Waals surface area contributed by atoms with E-state index < -0.39 is 10.0 Å². The molecular weight excluding hydrogens is 368 g/mol. The van der Waals surface area contributed by atoms with Gasteiger partial charge in [-0.1, -0.05) is 23.8 Å². The molecule has 5 nitrogen and oxygen atoms in total. The first kappa shape index (κ1) is 20.5. The summed E-state index contributed by atoms with van der Waals surface area (Å²) in [7, 11) is -0.588. The summed E-state index contributed by atoms with van der Waals surface area (Å²) in [6, 6.07) is 12.7. The Morgan fingerprint density at radius 2 is 1.69 bits per heavy atom. The molecule has 0 fully saturated rings. The van der Waals surface area contributed by atoms with Gasteiger partial charge in [0, 0.05) is 24.7 Å². The van der Waals surface area contributed by atoms with E-state index >= 15 is 0 Å². The first-order valence-electron chi connectivity index (χ1n) is 8.18. The van der Waals surface area contributed by atoms with Gasteiger partial charge in [0.05, 0.1) is 10.1 Å². The van der Waals surface area contributed by atoms with E-state index in [0.717, 1.165) is 14.8 Å². The molecule has 0 saturated heterocycles. The fourth-order valence-corrected chi connectivity index (χ4v) is 4.01. The highest BCUT2D eigenvalue weighted by Gasteiger charge is 2.20. The fraction of sp³-hybridized carbons (Fsp3) is 0.316.